The molecule has 1 fully saturated rings. The Morgan fingerprint density at radius 2 is 1.83 bits per heavy atom. The summed E-state index contributed by atoms with van der Waals surface area (Å²) < 4.78 is 5.14. The average molecular weight is 313 g/mol. The van der Waals surface area contributed by atoms with Crippen LogP contribution in [0.15, 0.2) is 24.3 Å². The smallest absolute Gasteiger partial charge is 0.309 e. The Balaban J connectivity index is 2.12. The highest BCUT2D eigenvalue weighted by Crippen LogP contribution is 2.32. The van der Waals surface area contributed by atoms with Crippen molar-refractivity contribution >= 4 is 11.8 Å². The number of carbonyl (C=O) groups is 2. The van der Waals surface area contributed by atoms with Gasteiger partial charge in [0, 0.05) is 12.3 Å². The molecular formula is C19H23NO3. The Morgan fingerprint density at radius 3 is 2.48 bits per heavy atom. The predicted molar refractivity (Wildman–Crippen MR) is 86.6 cm³/mol. The Hall–Kier alpha value is -2.15. The maximum Gasteiger partial charge on any atom is 0.309 e. The molecule has 0 amide bonds. The van der Waals surface area contributed by atoms with Gasteiger partial charge in [0.25, 0.3) is 0 Å². The normalized spacial score (nSPS) is 20.5. The van der Waals surface area contributed by atoms with Gasteiger partial charge in [-0.3, -0.25) is 9.59 Å². The second-order valence-electron chi connectivity index (χ2n) is 6.00. The summed E-state index contributed by atoms with van der Waals surface area (Å²) in [7, 11) is 0. The summed E-state index contributed by atoms with van der Waals surface area (Å²) in [5.41, 5.74) is 1.79. The van der Waals surface area contributed by atoms with Crippen LogP contribution >= 0.6 is 0 Å². The van der Waals surface area contributed by atoms with Crippen molar-refractivity contribution in [1.29, 1.82) is 5.26 Å². The number of esters is 1. The van der Waals surface area contributed by atoms with Crippen molar-refractivity contribution < 1.29 is 14.3 Å². The molecule has 1 aromatic carbocycles. The summed E-state index contributed by atoms with van der Waals surface area (Å²) in [6.45, 7) is 2.14. The fourth-order valence-corrected chi connectivity index (χ4v) is 3.35. The summed E-state index contributed by atoms with van der Waals surface area (Å²) in [5.74, 6) is -0.707. The molecule has 1 aliphatic carbocycles. The van der Waals surface area contributed by atoms with E-state index < -0.39 is 0 Å². The number of nitrogens with zero attached hydrogens (tertiary/aromatic N) is 1. The minimum absolute atomic E-state index is 0.0909. The van der Waals surface area contributed by atoms with Gasteiger partial charge >= 0.3 is 5.97 Å². The van der Waals surface area contributed by atoms with Crippen LogP contribution in [0.2, 0.25) is 0 Å². The Kier molecular flexibility index (Phi) is 6.34. The molecule has 0 aromatic heterocycles. The summed E-state index contributed by atoms with van der Waals surface area (Å²) in [6, 6.07) is 9.68. The van der Waals surface area contributed by atoms with Gasteiger partial charge in [-0.05, 0) is 30.9 Å². The number of rotatable bonds is 6. The van der Waals surface area contributed by atoms with Crippen LogP contribution in [-0.2, 0) is 27.2 Å². The van der Waals surface area contributed by atoms with Crippen molar-refractivity contribution in [3.05, 3.63) is 35.4 Å². The minimum Gasteiger partial charge on any atom is -0.466 e. The highest BCUT2D eigenvalue weighted by molar-refractivity contribution is 5.88. The van der Waals surface area contributed by atoms with Crippen molar-refractivity contribution in [3.63, 3.8) is 0 Å². The molecule has 0 spiro atoms. The number of ether oxygens (including phenoxy) is 1. The lowest BCUT2D eigenvalue weighted by Crippen LogP contribution is -2.34. The van der Waals surface area contributed by atoms with E-state index in [1.807, 2.05) is 24.3 Å². The van der Waals surface area contributed by atoms with Gasteiger partial charge in [-0.25, -0.2) is 0 Å². The SMILES string of the molecule is CCOC(=O)C1CCCCC1C(=O)Cc1ccccc1CC#N. The molecule has 1 aliphatic rings. The third kappa shape index (κ3) is 4.41. The first kappa shape index (κ1) is 17.2. The lowest BCUT2D eigenvalue weighted by atomic mass is 9.75. The van der Waals surface area contributed by atoms with E-state index in [1.165, 1.54) is 0 Å². The van der Waals surface area contributed by atoms with E-state index in [4.69, 9.17) is 10.00 Å². The van der Waals surface area contributed by atoms with Crippen molar-refractivity contribution in [1.82, 2.24) is 0 Å². The zero-order valence-electron chi connectivity index (χ0n) is 13.6. The minimum atomic E-state index is -0.306. The number of hydrogen-bond donors (Lipinski definition) is 0. The topological polar surface area (TPSA) is 67.2 Å². The number of nitriles is 1. The molecule has 0 bridgehead atoms. The van der Waals surface area contributed by atoms with E-state index in [9.17, 15) is 9.59 Å². The molecule has 1 saturated carbocycles. The van der Waals surface area contributed by atoms with E-state index in [0.29, 0.717) is 19.4 Å². The second kappa shape index (κ2) is 8.47. The predicted octanol–water partition coefficient (Wildman–Crippen LogP) is 3.23. The van der Waals surface area contributed by atoms with E-state index in [0.717, 1.165) is 36.8 Å². The highest BCUT2D eigenvalue weighted by Gasteiger charge is 2.36. The number of carbonyl (C=O) groups excluding carboxylic acids is 2. The molecule has 0 radical (unpaired) electrons. The van der Waals surface area contributed by atoms with Crippen LogP contribution in [0, 0.1) is 23.2 Å². The molecule has 0 heterocycles. The maximum atomic E-state index is 12.8. The van der Waals surface area contributed by atoms with Crippen LogP contribution in [0.1, 0.15) is 43.7 Å². The van der Waals surface area contributed by atoms with Crippen LogP contribution in [0.5, 0.6) is 0 Å². The molecule has 0 saturated heterocycles. The second-order valence-corrected chi connectivity index (χ2v) is 6.00. The third-order valence-corrected chi connectivity index (χ3v) is 4.52. The number of ketones is 1. The molecule has 23 heavy (non-hydrogen) atoms. The number of benzene rings is 1. The summed E-state index contributed by atoms with van der Waals surface area (Å²) >= 11 is 0. The first-order valence-electron chi connectivity index (χ1n) is 8.30. The zero-order valence-corrected chi connectivity index (χ0v) is 13.6. The van der Waals surface area contributed by atoms with E-state index in [1.54, 1.807) is 6.92 Å². The van der Waals surface area contributed by atoms with E-state index in [2.05, 4.69) is 6.07 Å². The first-order valence-corrected chi connectivity index (χ1v) is 8.30. The molecule has 1 aromatic rings. The highest BCUT2D eigenvalue weighted by atomic mass is 16.5. The molecule has 0 N–H and O–H groups in total. The number of Topliss-reactive ketones (excluding diaryl/α,β-unsaturated/α-hetero) is 1. The fourth-order valence-electron chi connectivity index (χ4n) is 3.35. The molecule has 2 unspecified atom stereocenters. The molecule has 4 heteroatoms. The van der Waals surface area contributed by atoms with Gasteiger partial charge in [0.05, 0.1) is 25.0 Å². The Morgan fingerprint density at radius 1 is 1.17 bits per heavy atom. The van der Waals surface area contributed by atoms with Crippen molar-refractivity contribution in [2.75, 3.05) is 6.61 Å². The lowest BCUT2D eigenvalue weighted by molar-refractivity contribution is -0.153. The Bertz CT molecular complexity index is 603. The molecule has 122 valence electrons. The van der Waals surface area contributed by atoms with Crippen LogP contribution in [0.4, 0.5) is 0 Å². The zero-order chi connectivity index (χ0) is 16.7. The Labute approximate surface area is 137 Å². The fraction of sp³-hybridized carbons (Fsp3) is 0.526. The van der Waals surface area contributed by atoms with Gasteiger partial charge < -0.3 is 4.74 Å². The van der Waals surface area contributed by atoms with Crippen LogP contribution in [0.25, 0.3) is 0 Å². The lowest BCUT2D eigenvalue weighted by Gasteiger charge is -2.29. The van der Waals surface area contributed by atoms with E-state index in [-0.39, 0.29) is 23.6 Å². The third-order valence-electron chi connectivity index (χ3n) is 4.52. The van der Waals surface area contributed by atoms with Crippen molar-refractivity contribution in [2.45, 2.75) is 45.4 Å². The van der Waals surface area contributed by atoms with Crippen LogP contribution in [-0.4, -0.2) is 18.4 Å². The summed E-state index contributed by atoms with van der Waals surface area (Å²) in [4.78, 5) is 24.9. The van der Waals surface area contributed by atoms with Gasteiger partial charge in [-0.15, -0.1) is 0 Å². The maximum absolute atomic E-state index is 12.8. The molecular weight excluding hydrogens is 290 g/mol. The van der Waals surface area contributed by atoms with E-state index >= 15 is 0 Å². The van der Waals surface area contributed by atoms with Gasteiger partial charge in [0.1, 0.15) is 5.78 Å². The molecule has 2 rings (SSSR count). The van der Waals surface area contributed by atoms with Crippen molar-refractivity contribution in [3.8, 4) is 6.07 Å². The standard InChI is InChI=1S/C19H23NO3/c1-2-23-19(22)17-10-6-5-9-16(17)18(21)13-15-8-4-3-7-14(15)11-12-20/h3-4,7-8,16-17H,2,5-6,9-11,13H2,1H3. The van der Waals surface area contributed by atoms with Gasteiger partial charge in [-0.1, -0.05) is 37.1 Å². The van der Waals surface area contributed by atoms with Gasteiger partial charge in [0.2, 0.25) is 0 Å². The molecule has 0 aliphatic heterocycles. The average Bonchev–Trinajstić information content (AvgIpc) is 2.57. The largest absolute Gasteiger partial charge is 0.466 e. The summed E-state index contributed by atoms with van der Waals surface area (Å²) in [6.07, 6.45) is 4.02. The van der Waals surface area contributed by atoms with Crippen LogP contribution < -0.4 is 0 Å². The van der Waals surface area contributed by atoms with Gasteiger partial charge in [-0.2, -0.15) is 5.26 Å². The summed E-state index contributed by atoms with van der Waals surface area (Å²) in [5, 5.41) is 8.90. The monoisotopic (exact) mass is 313 g/mol. The molecule has 2 atom stereocenters. The van der Waals surface area contributed by atoms with Gasteiger partial charge in [0.15, 0.2) is 0 Å². The first-order chi connectivity index (χ1) is 11.2. The van der Waals surface area contributed by atoms with Crippen LogP contribution in [0.3, 0.4) is 0 Å². The van der Waals surface area contributed by atoms with Crippen molar-refractivity contribution in [2.24, 2.45) is 11.8 Å². The number of hydrogen-bond acceptors (Lipinski definition) is 4. The quantitative estimate of drug-likeness (QED) is 0.756. The molecule has 4 nitrogen and oxygen atoms in total.